The number of Topliss-reactive ketones (excluding diaryl/α,β-unsaturated/α-hetero) is 1. The summed E-state index contributed by atoms with van der Waals surface area (Å²) in [6.45, 7) is 0.371. The highest BCUT2D eigenvalue weighted by Crippen LogP contribution is 2.34. The van der Waals surface area contributed by atoms with Crippen LogP contribution in [0.5, 0.6) is 23.0 Å². The Morgan fingerprint density at radius 2 is 1.33 bits per heavy atom. The largest absolute Gasteiger partial charge is 0.454 e. The fourth-order valence-electron chi connectivity index (χ4n) is 4.25. The second kappa shape index (κ2) is 7.70. The third-order valence-electron chi connectivity index (χ3n) is 5.88. The molecule has 33 heavy (non-hydrogen) atoms. The van der Waals surface area contributed by atoms with E-state index in [9.17, 15) is 9.59 Å². The molecule has 7 heteroatoms. The van der Waals surface area contributed by atoms with Gasteiger partial charge in [-0.3, -0.25) is 14.2 Å². The van der Waals surface area contributed by atoms with Crippen LogP contribution in [0.2, 0.25) is 0 Å². The monoisotopic (exact) mass is 441 g/mol. The highest BCUT2D eigenvalue weighted by atomic mass is 16.7. The maximum Gasteiger partial charge on any atom is 0.235 e. The number of aromatic nitrogens is 1. The fraction of sp³-hybridized carbons (Fsp3) is 0.154. The number of hydrogen-bond acceptors (Lipinski definition) is 6. The molecule has 2 aliphatic rings. The van der Waals surface area contributed by atoms with Gasteiger partial charge in [0.2, 0.25) is 19.5 Å². The summed E-state index contributed by atoms with van der Waals surface area (Å²) in [5.74, 6) is 2.43. The van der Waals surface area contributed by atoms with Gasteiger partial charge in [0.15, 0.2) is 28.8 Å². The molecular formula is C26H19NO6. The lowest BCUT2D eigenvalue weighted by molar-refractivity contribution is 0.0919. The average molecular weight is 441 g/mol. The Morgan fingerprint density at radius 3 is 2.03 bits per heavy atom. The number of rotatable bonds is 5. The minimum Gasteiger partial charge on any atom is -0.454 e. The molecule has 0 N–H and O–H groups in total. The summed E-state index contributed by atoms with van der Waals surface area (Å²) in [5.41, 5.74) is 2.86. The van der Waals surface area contributed by atoms with Crippen LogP contribution in [0.4, 0.5) is 0 Å². The lowest BCUT2D eigenvalue weighted by Crippen LogP contribution is -2.12. The van der Waals surface area contributed by atoms with Gasteiger partial charge in [0, 0.05) is 23.6 Å². The molecule has 0 amide bonds. The molecule has 0 fully saturated rings. The molecule has 0 radical (unpaired) electrons. The van der Waals surface area contributed by atoms with Crippen molar-refractivity contribution >= 4 is 22.6 Å². The molecule has 0 bridgehead atoms. The van der Waals surface area contributed by atoms with Crippen LogP contribution in [-0.2, 0) is 12.8 Å². The first-order chi connectivity index (χ1) is 16.2. The van der Waals surface area contributed by atoms with Crippen LogP contribution in [0.1, 0.15) is 26.3 Å². The quantitative estimate of drug-likeness (QED) is 0.427. The standard InChI is InChI=1S/C26H19NO6/c28-21(9-16-5-7-22-24(10-16)32-14-30-22)19-13-27(20-4-2-1-3-18(19)20)26(29)12-17-6-8-23-25(11-17)33-15-31-23/h1-8,10-11,13H,9,12,14-15H2. The summed E-state index contributed by atoms with van der Waals surface area (Å²) in [4.78, 5) is 26.4. The molecule has 0 saturated heterocycles. The maximum absolute atomic E-state index is 13.2. The van der Waals surface area contributed by atoms with Crippen LogP contribution >= 0.6 is 0 Å². The van der Waals surface area contributed by atoms with Gasteiger partial charge in [-0.25, -0.2) is 0 Å². The summed E-state index contributed by atoms with van der Waals surface area (Å²) in [7, 11) is 0. The Bertz CT molecular complexity index is 1310. The van der Waals surface area contributed by atoms with E-state index in [2.05, 4.69) is 0 Å². The van der Waals surface area contributed by atoms with Gasteiger partial charge in [-0.2, -0.15) is 0 Å². The van der Waals surface area contributed by atoms with Gasteiger partial charge >= 0.3 is 0 Å². The van der Waals surface area contributed by atoms with Crippen LogP contribution in [0, 0.1) is 0 Å². The molecule has 6 rings (SSSR count). The Kier molecular flexibility index (Phi) is 4.54. The van der Waals surface area contributed by atoms with Crippen molar-refractivity contribution in [3.63, 3.8) is 0 Å². The second-order valence-electron chi connectivity index (χ2n) is 7.98. The van der Waals surface area contributed by atoms with E-state index in [1.165, 1.54) is 0 Å². The van der Waals surface area contributed by atoms with E-state index in [1.54, 1.807) is 16.8 Å². The molecule has 4 aromatic rings. The summed E-state index contributed by atoms with van der Waals surface area (Å²) in [5, 5.41) is 0.752. The predicted octanol–water partition coefficient (Wildman–Crippen LogP) is 4.41. The van der Waals surface area contributed by atoms with Crippen molar-refractivity contribution in [1.82, 2.24) is 4.57 Å². The molecule has 0 atom stereocenters. The minimum atomic E-state index is -0.132. The lowest BCUT2D eigenvalue weighted by atomic mass is 10.0. The van der Waals surface area contributed by atoms with Crippen molar-refractivity contribution in [1.29, 1.82) is 0 Å². The van der Waals surface area contributed by atoms with Crippen molar-refractivity contribution in [2.45, 2.75) is 12.8 Å². The Morgan fingerprint density at radius 1 is 0.727 bits per heavy atom. The van der Waals surface area contributed by atoms with E-state index >= 15 is 0 Å². The number of fused-ring (bicyclic) bond motifs is 3. The number of carbonyl (C=O) groups excluding carboxylic acids is 2. The molecular weight excluding hydrogens is 422 g/mol. The van der Waals surface area contributed by atoms with Crippen molar-refractivity contribution in [3.05, 3.63) is 83.6 Å². The molecule has 2 aliphatic heterocycles. The zero-order valence-corrected chi connectivity index (χ0v) is 17.6. The van der Waals surface area contributed by atoms with Gasteiger partial charge in [-0.15, -0.1) is 0 Å². The van der Waals surface area contributed by atoms with Crippen LogP contribution in [0.3, 0.4) is 0 Å². The fourth-order valence-corrected chi connectivity index (χ4v) is 4.25. The van der Waals surface area contributed by atoms with E-state index in [0.29, 0.717) is 34.1 Å². The van der Waals surface area contributed by atoms with Gasteiger partial charge in [0.1, 0.15) is 0 Å². The van der Waals surface area contributed by atoms with Crippen molar-refractivity contribution in [2.24, 2.45) is 0 Å². The lowest BCUT2D eigenvalue weighted by Gasteiger charge is -2.05. The van der Waals surface area contributed by atoms with Gasteiger partial charge in [0.05, 0.1) is 11.9 Å². The molecule has 1 aromatic heterocycles. The van der Waals surface area contributed by atoms with Gasteiger partial charge in [-0.05, 0) is 41.5 Å². The molecule has 3 heterocycles. The van der Waals surface area contributed by atoms with Crippen LogP contribution in [0.15, 0.2) is 66.9 Å². The van der Waals surface area contributed by atoms with E-state index in [4.69, 9.17) is 18.9 Å². The van der Waals surface area contributed by atoms with Crippen molar-refractivity contribution in [2.75, 3.05) is 13.6 Å². The van der Waals surface area contributed by atoms with Crippen LogP contribution in [-0.4, -0.2) is 29.8 Å². The van der Waals surface area contributed by atoms with Gasteiger partial charge in [-0.1, -0.05) is 30.3 Å². The molecule has 7 nitrogen and oxygen atoms in total. The number of carbonyl (C=O) groups is 2. The first-order valence-corrected chi connectivity index (χ1v) is 10.6. The number of hydrogen-bond donors (Lipinski definition) is 0. The topological polar surface area (TPSA) is 76.0 Å². The first-order valence-electron chi connectivity index (χ1n) is 10.6. The smallest absolute Gasteiger partial charge is 0.235 e. The van der Waals surface area contributed by atoms with E-state index in [0.717, 1.165) is 16.5 Å². The summed E-state index contributed by atoms with van der Waals surface area (Å²) in [6, 6.07) is 18.4. The Labute approximate surface area is 189 Å². The minimum absolute atomic E-state index is 0.0697. The number of para-hydroxylation sites is 1. The SMILES string of the molecule is O=C(Cc1ccc2c(c1)OCO2)c1cn(C(=O)Cc2ccc3c(c2)OCO3)c2ccccc12. The average Bonchev–Trinajstić information content (AvgIpc) is 3.56. The first kappa shape index (κ1) is 19.4. The zero-order valence-electron chi connectivity index (χ0n) is 17.6. The number of nitrogens with zero attached hydrogens (tertiary/aromatic N) is 1. The second-order valence-corrected chi connectivity index (χ2v) is 7.98. The van der Waals surface area contributed by atoms with Crippen molar-refractivity contribution < 1.29 is 28.5 Å². The summed E-state index contributed by atoms with van der Waals surface area (Å²) < 4.78 is 23.1. The highest BCUT2D eigenvalue weighted by Gasteiger charge is 2.21. The van der Waals surface area contributed by atoms with Gasteiger partial charge < -0.3 is 18.9 Å². The third kappa shape index (κ3) is 3.47. The Hall–Kier alpha value is -4.26. The normalized spacial score (nSPS) is 13.5. The summed E-state index contributed by atoms with van der Waals surface area (Å²) >= 11 is 0. The van der Waals surface area contributed by atoms with E-state index in [1.807, 2.05) is 54.6 Å². The molecule has 164 valence electrons. The van der Waals surface area contributed by atoms with E-state index in [-0.39, 0.29) is 38.1 Å². The molecule has 0 saturated carbocycles. The van der Waals surface area contributed by atoms with Crippen LogP contribution < -0.4 is 18.9 Å². The van der Waals surface area contributed by atoms with Gasteiger partial charge in [0.25, 0.3) is 0 Å². The molecule has 0 unspecified atom stereocenters. The third-order valence-corrected chi connectivity index (χ3v) is 5.88. The molecule has 3 aromatic carbocycles. The van der Waals surface area contributed by atoms with E-state index < -0.39 is 0 Å². The number of ketones is 1. The number of benzene rings is 3. The summed E-state index contributed by atoms with van der Waals surface area (Å²) in [6.07, 6.45) is 2.02. The zero-order chi connectivity index (χ0) is 22.4. The highest BCUT2D eigenvalue weighted by molar-refractivity contribution is 6.11. The van der Waals surface area contributed by atoms with Crippen molar-refractivity contribution in [3.8, 4) is 23.0 Å². The molecule has 0 aliphatic carbocycles. The Balaban J connectivity index is 1.29. The number of ether oxygens (including phenoxy) is 4. The van der Waals surface area contributed by atoms with Crippen LogP contribution in [0.25, 0.3) is 10.9 Å². The molecule has 0 spiro atoms. The predicted molar refractivity (Wildman–Crippen MR) is 119 cm³/mol. The maximum atomic E-state index is 13.2.